The molecule has 1 heterocycles. The minimum absolute atomic E-state index is 0.0659. The lowest BCUT2D eigenvalue weighted by atomic mass is 9.53. The molecule has 2 atom stereocenters. The minimum Gasteiger partial charge on any atom is -0.272 e. The van der Waals surface area contributed by atoms with E-state index < -0.39 is 0 Å². The molecule has 0 radical (unpaired) electrons. The highest BCUT2D eigenvalue weighted by Gasteiger charge is 2.60. The number of carbonyl (C=O) groups is 1. The molecule has 4 aliphatic carbocycles. The minimum atomic E-state index is -0.354. The van der Waals surface area contributed by atoms with Crippen LogP contribution < -0.4 is 5.43 Å². The van der Waals surface area contributed by atoms with Crippen molar-refractivity contribution < 1.29 is 4.79 Å². The summed E-state index contributed by atoms with van der Waals surface area (Å²) < 4.78 is 0. The Bertz CT molecular complexity index is 406. The molecule has 0 aromatic rings. The van der Waals surface area contributed by atoms with Gasteiger partial charge in [-0.1, -0.05) is 0 Å². The highest BCUT2D eigenvalue weighted by atomic mass is 35.5. The lowest BCUT2D eigenvalue weighted by Gasteiger charge is -2.63. The second kappa shape index (κ2) is 3.24. The molecule has 1 N–H and O–H groups in total. The Morgan fingerprint density at radius 3 is 2.28 bits per heavy atom. The van der Waals surface area contributed by atoms with Crippen LogP contribution in [0.3, 0.4) is 0 Å². The summed E-state index contributed by atoms with van der Waals surface area (Å²) >= 11 is 6.73. The lowest BCUT2D eigenvalue weighted by Crippen LogP contribution is -2.79. The summed E-state index contributed by atoms with van der Waals surface area (Å²) in [5.74, 6) is 2.34. The fraction of sp³-hybridized carbons (Fsp3) is 0.929. The molecule has 0 aromatic heterocycles. The second-order valence-corrected chi connectivity index (χ2v) is 8.33. The summed E-state index contributed by atoms with van der Waals surface area (Å²) in [4.78, 5) is 12.3. The van der Waals surface area contributed by atoms with Crippen molar-refractivity contribution in [2.75, 3.05) is 0 Å². The average Bonchev–Trinajstić information content (AvgIpc) is 2.24. The summed E-state index contributed by atoms with van der Waals surface area (Å²) in [7, 11) is 0. The summed E-state index contributed by atoms with van der Waals surface area (Å²) in [6.07, 6.45) is 5.99. The number of carbonyl (C=O) groups excluding carboxylic acids is 1. The number of hydrogen-bond donors (Lipinski definition) is 1. The van der Waals surface area contributed by atoms with Gasteiger partial charge in [-0.3, -0.25) is 9.80 Å². The predicted molar refractivity (Wildman–Crippen MR) is 70.0 cm³/mol. The maximum Gasteiger partial charge on any atom is 0.258 e. The van der Waals surface area contributed by atoms with E-state index in [4.69, 9.17) is 11.6 Å². The molecule has 1 saturated heterocycles. The maximum atomic E-state index is 12.2. The van der Waals surface area contributed by atoms with Crippen LogP contribution >= 0.6 is 11.6 Å². The smallest absolute Gasteiger partial charge is 0.258 e. The van der Waals surface area contributed by atoms with Crippen molar-refractivity contribution in [1.29, 1.82) is 0 Å². The molecule has 1 amide bonds. The zero-order valence-corrected chi connectivity index (χ0v) is 11.8. The van der Waals surface area contributed by atoms with E-state index in [2.05, 4.69) is 5.43 Å². The third kappa shape index (κ3) is 1.38. The van der Waals surface area contributed by atoms with Gasteiger partial charge in [-0.25, -0.2) is 5.43 Å². The predicted octanol–water partition coefficient (Wildman–Crippen LogP) is 2.30. The third-order valence-electron chi connectivity index (χ3n) is 5.60. The number of amides is 1. The molecule has 0 unspecified atom stereocenters. The normalized spacial score (nSPS) is 52.6. The summed E-state index contributed by atoms with van der Waals surface area (Å²) in [5, 5.41) is 1.94. The van der Waals surface area contributed by atoms with Crippen molar-refractivity contribution in [2.45, 2.75) is 62.4 Å². The zero-order valence-electron chi connectivity index (χ0n) is 11.1. The molecule has 4 heteroatoms. The van der Waals surface area contributed by atoms with Gasteiger partial charge in [0.05, 0.1) is 6.04 Å². The first-order valence-electron chi connectivity index (χ1n) is 7.18. The van der Waals surface area contributed by atoms with Gasteiger partial charge < -0.3 is 0 Å². The van der Waals surface area contributed by atoms with Gasteiger partial charge in [0, 0.05) is 4.87 Å². The highest BCUT2D eigenvalue weighted by molar-refractivity contribution is 6.24. The number of rotatable bonds is 1. The zero-order chi connectivity index (χ0) is 12.7. The fourth-order valence-corrected chi connectivity index (χ4v) is 5.79. The summed E-state index contributed by atoms with van der Waals surface area (Å²) in [6.45, 7) is 3.93. The second-order valence-electron chi connectivity index (χ2n) is 7.52. The van der Waals surface area contributed by atoms with Gasteiger partial charge in [-0.2, -0.15) is 0 Å². The van der Waals surface area contributed by atoms with E-state index in [9.17, 15) is 4.79 Å². The molecule has 100 valence electrons. The van der Waals surface area contributed by atoms with Crippen LogP contribution in [0.15, 0.2) is 0 Å². The summed E-state index contributed by atoms with van der Waals surface area (Å²) in [5.41, 5.74) is 3.00. The van der Waals surface area contributed by atoms with Gasteiger partial charge in [-0.05, 0) is 63.7 Å². The Balaban J connectivity index is 1.60. The molecule has 3 nitrogen and oxygen atoms in total. The van der Waals surface area contributed by atoms with Gasteiger partial charge in [0.1, 0.15) is 5.54 Å². The van der Waals surface area contributed by atoms with E-state index in [0.29, 0.717) is 17.9 Å². The Morgan fingerprint density at radius 2 is 1.83 bits per heavy atom. The Labute approximate surface area is 113 Å². The SMILES string of the molecule is CC1(C)NN(C2[C@H]3CC4C[C@H]2CC(Cl)(C4)C3)C1=O. The number of hydrazine groups is 1. The van der Waals surface area contributed by atoms with Crippen LogP contribution in [-0.2, 0) is 4.79 Å². The van der Waals surface area contributed by atoms with E-state index in [-0.39, 0.29) is 16.3 Å². The number of nitrogens with one attached hydrogen (secondary N) is 1. The molecule has 18 heavy (non-hydrogen) atoms. The number of alkyl halides is 1. The van der Waals surface area contributed by atoms with Gasteiger partial charge in [0.15, 0.2) is 0 Å². The first kappa shape index (κ1) is 11.5. The molecule has 1 aliphatic heterocycles. The Kier molecular flexibility index (Phi) is 2.08. The molecule has 5 rings (SSSR count). The topological polar surface area (TPSA) is 32.3 Å². The van der Waals surface area contributed by atoms with E-state index >= 15 is 0 Å². The Hall–Kier alpha value is -0.280. The number of nitrogens with zero attached hydrogens (tertiary/aromatic N) is 1. The van der Waals surface area contributed by atoms with Crippen LogP contribution in [0.5, 0.6) is 0 Å². The quantitative estimate of drug-likeness (QED) is 0.740. The van der Waals surface area contributed by atoms with Crippen molar-refractivity contribution in [3.8, 4) is 0 Å². The molecule has 0 aromatic carbocycles. The van der Waals surface area contributed by atoms with Crippen LogP contribution in [0.2, 0.25) is 0 Å². The van der Waals surface area contributed by atoms with E-state index in [1.807, 2.05) is 18.9 Å². The molecular weight excluding hydrogens is 248 g/mol. The standard InChI is InChI=1S/C14H21ClN2O/c1-13(2)12(18)17(16-13)11-9-3-8-4-10(11)7-14(15,5-8)6-9/h8-11,16H,3-7H2,1-2H3/t8?,9-,10-,11?,14?/m0/s1. The average molecular weight is 269 g/mol. The van der Waals surface area contributed by atoms with Crippen LogP contribution in [0.4, 0.5) is 0 Å². The van der Waals surface area contributed by atoms with Crippen LogP contribution in [0.25, 0.3) is 0 Å². The number of hydrogen-bond acceptors (Lipinski definition) is 2. The molecule has 5 aliphatic rings. The number of halogens is 1. The van der Waals surface area contributed by atoms with E-state index in [1.165, 1.54) is 19.3 Å². The lowest BCUT2D eigenvalue weighted by molar-refractivity contribution is -0.182. The highest BCUT2D eigenvalue weighted by Crippen LogP contribution is 2.59. The molecule has 0 spiro atoms. The van der Waals surface area contributed by atoms with Gasteiger partial charge in [0.25, 0.3) is 5.91 Å². The van der Waals surface area contributed by atoms with Gasteiger partial charge >= 0.3 is 0 Å². The molecule has 5 fully saturated rings. The van der Waals surface area contributed by atoms with Gasteiger partial charge in [0.2, 0.25) is 0 Å². The molecule has 4 bridgehead atoms. The molecular formula is C14H21ClN2O. The summed E-state index contributed by atoms with van der Waals surface area (Å²) in [6, 6.07) is 0.411. The van der Waals surface area contributed by atoms with Crippen molar-refractivity contribution in [3.05, 3.63) is 0 Å². The first-order valence-corrected chi connectivity index (χ1v) is 7.56. The van der Waals surface area contributed by atoms with E-state index in [0.717, 1.165) is 18.8 Å². The van der Waals surface area contributed by atoms with Crippen molar-refractivity contribution in [1.82, 2.24) is 10.4 Å². The van der Waals surface area contributed by atoms with Crippen molar-refractivity contribution in [3.63, 3.8) is 0 Å². The monoisotopic (exact) mass is 268 g/mol. The van der Waals surface area contributed by atoms with Crippen molar-refractivity contribution >= 4 is 17.5 Å². The maximum absolute atomic E-state index is 12.2. The van der Waals surface area contributed by atoms with Gasteiger partial charge in [-0.15, -0.1) is 11.6 Å². The third-order valence-corrected chi connectivity index (χ3v) is 6.06. The van der Waals surface area contributed by atoms with Crippen LogP contribution in [0, 0.1) is 17.8 Å². The first-order chi connectivity index (χ1) is 8.38. The Morgan fingerprint density at radius 1 is 1.22 bits per heavy atom. The van der Waals surface area contributed by atoms with Crippen molar-refractivity contribution in [2.24, 2.45) is 17.8 Å². The van der Waals surface area contributed by atoms with Crippen LogP contribution in [0.1, 0.15) is 46.0 Å². The van der Waals surface area contributed by atoms with Crippen LogP contribution in [-0.4, -0.2) is 27.4 Å². The molecule has 4 saturated carbocycles. The largest absolute Gasteiger partial charge is 0.272 e. The van der Waals surface area contributed by atoms with E-state index in [1.54, 1.807) is 0 Å². The fourth-order valence-electron chi connectivity index (χ4n) is 5.18.